The summed E-state index contributed by atoms with van der Waals surface area (Å²) in [5.74, 6) is 0.658. The molecular formula is C48H32N2O2. The monoisotopic (exact) mass is 668 g/mol. The van der Waals surface area contributed by atoms with E-state index < -0.39 is 0 Å². The van der Waals surface area contributed by atoms with E-state index in [4.69, 9.17) is 18.8 Å². The largest absolute Gasteiger partial charge is 0.456 e. The van der Waals surface area contributed by atoms with Crippen molar-refractivity contribution in [2.24, 2.45) is 0 Å². The fraction of sp³-hybridized carbons (Fsp3) is 0.0417. The molecule has 10 aromatic rings. The first-order chi connectivity index (χ1) is 25.7. The Kier molecular flexibility index (Phi) is 7.07. The molecule has 7 aromatic carbocycles. The molecule has 0 amide bonds. The first-order valence-corrected chi connectivity index (χ1v) is 17.7. The molecule has 0 saturated heterocycles. The van der Waals surface area contributed by atoms with Crippen molar-refractivity contribution in [1.82, 2.24) is 9.97 Å². The van der Waals surface area contributed by atoms with Gasteiger partial charge in [-0.1, -0.05) is 128 Å². The van der Waals surface area contributed by atoms with Crippen LogP contribution in [0.2, 0.25) is 0 Å². The Morgan fingerprint density at radius 1 is 0.365 bits per heavy atom. The van der Waals surface area contributed by atoms with E-state index in [1.165, 1.54) is 11.1 Å². The van der Waals surface area contributed by atoms with Crippen molar-refractivity contribution in [2.45, 2.75) is 13.3 Å². The van der Waals surface area contributed by atoms with Gasteiger partial charge in [0.25, 0.3) is 0 Å². The van der Waals surface area contributed by atoms with Gasteiger partial charge in [-0.15, -0.1) is 0 Å². The SMILES string of the molecule is CCc1c(-c2ccc(-c3ccccc3)cc2)nc(-c2ccc3c(c2)oc2ccccc23)nc1-c1cccc(-c2ccc3c(c2)oc2ccccc23)c1. The highest BCUT2D eigenvalue weighted by Gasteiger charge is 2.19. The van der Waals surface area contributed by atoms with Gasteiger partial charge in [-0.25, -0.2) is 9.97 Å². The number of fused-ring (bicyclic) bond motifs is 6. The number of furan rings is 2. The highest BCUT2D eigenvalue weighted by molar-refractivity contribution is 6.07. The lowest BCUT2D eigenvalue weighted by molar-refractivity contribution is 0.668. The zero-order valence-electron chi connectivity index (χ0n) is 28.5. The maximum atomic E-state index is 6.30. The fourth-order valence-corrected chi connectivity index (χ4v) is 7.49. The molecule has 0 fully saturated rings. The second kappa shape index (κ2) is 12.2. The summed E-state index contributed by atoms with van der Waals surface area (Å²) >= 11 is 0. The van der Waals surface area contributed by atoms with Crippen molar-refractivity contribution in [2.75, 3.05) is 0 Å². The maximum absolute atomic E-state index is 6.30. The minimum atomic E-state index is 0.658. The van der Waals surface area contributed by atoms with Crippen LogP contribution in [0.15, 0.2) is 173 Å². The highest BCUT2D eigenvalue weighted by atomic mass is 16.3. The molecule has 0 aliphatic heterocycles. The second-order valence-electron chi connectivity index (χ2n) is 13.2. The number of rotatable bonds is 6. The molecule has 3 aromatic heterocycles. The molecule has 0 aliphatic carbocycles. The number of nitrogens with zero attached hydrogens (tertiary/aromatic N) is 2. The van der Waals surface area contributed by atoms with Crippen LogP contribution in [0.3, 0.4) is 0 Å². The van der Waals surface area contributed by atoms with Gasteiger partial charge in [0.05, 0.1) is 11.4 Å². The van der Waals surface area contributed by atoms with Crippen LogP contribution in [-0.2, 0) is 6.42 Å². The van der Waals surface area contributed by atoms with Gasteiger partial charge < -0.3 is 8.83 Å². The number of hydrogen-bond acceptors (Lipinski definition) is 4. The van der Waals surface area contributed by atoms with E-state index in [-0.39, 0.29) is 0 Å². The molecule has 0 unspecified atom stereocenters. The summed E-state index contributed by atoms with van der Waals surface area (Å²) in [6, 6.07) is 57.0. The van der Waals surface area contributed by atoms with Crippen LogP contribution in [0.4, 0.5) is 0 Å². The predicted molar refractivity (Wildman–Crippen MR) is 213 cm³/mol. The van der Waals surface area contributed by atoms with Crippen molar-refractivity contribution >= 4 is 43.9 Å². The van der Waals surface area contributed by atoms with Crippen molar-refractivity contribution in [3.05, 3.63) is 169 Å². The lowest BCUT2D eigenvalue weighted by Gasteiger charge is -2.16. The molecule has 0 aliphatic rings. The maximum Gasteiger partial charge on any atom is 0.160 e. The van der Waals surface area contributed by atoms with E-state index in [2.05, 4.69) is 134 Å². The standard InChI is InChI=1S/C48H32N2O2/c1-2-37-46(32-21-19-31(20-22-32)30-11-4-3-5-12-30)49-48(36-24-26-41-39-16-7-9-18-43(39)52-45(41)29-36)50-47(37)35-14-10-13-33(27-35)34-23-25-40-38-15-6-8-17-42(38)51-44(40)28-34/h3-29H,2H2,1H3. The van der Waals surface area contributed by atoms with Crippen LogP contribution in [0.25, 0.3) is 100 Å². The summed E-state index contributed by atoms with van der Waals surface area (Å²) in [5.41, 5.74) is 14.0. The Morgan fingerprint density at radius 3 is 1.50 bits per heavy atom. The third-order valence-electron chi connectivity index (χ3n) is 10.1. The van der Waals surface area contributed by atoms with Crippen LogP contribution in [-0.4, -0.2) is 9.97 Å². The molecule has 0 spiro atoms. The molecule has 246 valence electrons. The van der Waals surface area contributed by atoms with Gasteiger partial charge in [0.1, 0.15) is 22.3 Å². The molecule has 4 nitrogen and oxygen atoms in total. The van der Waals surface area contributed by atoms with Gasteiger partial charge in [-0.3, -0.25) is 0 Å². The molecule has 0 saturated carbocycles. The third kappa shape index (κ3) is 5.07. The van der Waals surface area contributed by atoms with Crippen molar-refractivity contribution < 1.29 is 8.83 Å². The van der Waals surface area contributed by atoms with Gasteiger partial charge >= 0.3 is 0 Å². The van der Waals surface area contributed by atoms with Gasteiger partial charge in [-0.2, -0.15) is 0 Å². The lowest BCUT2D eigenvalue weighted by Crippen LogP contribution is -2.03. The van der Waals surface area contributed by atoms with Crippen LogP contribution >= 0.6 is 0 Å². The van der Waals surface area contributed by atoms with Crippen LogP contribution < -0.4 is 0 Å². The molecule has 0 atom stereocenters. The van der Waals surface area contributed by atoms with Gasteiger partial charge in [0, 0.05) is 43.8 Å². The topological polar surface area (TPSA) is 52.1 Å². The zero-order chi connectivity index (χ0) is 34.6. The smallest absolute Gasteiger partial charge is 0.160 e. The van der Waals surface area contributed by atoms with Gasteiger partial charge in [-0.05, 0) is 71.1 Å². The first-order valence-electron chi connectivity index (χ1n) is 17.7. The second-order valence-corrected chi connectivity index (χ2v) is 13.2. The average molecular weight is 669 g/mol. The quantitative estimate of drug-likeness (QED) is 0.177. The third-order valence-corrected chi connectivity index (χ3v) is 10.1. The zero-order valence-corrected chi connectivity index (χ0v) is 28.5. The van der Waals surface area contributed by atoms with E-state index in [0.717, 1.165) is 95.1 Å². The number of benzene rings is 7. The Bertz CT molecular complexity index is 2940. The molecule has 0 radical (unpaired) electrons. The van der Waals surface area contributed by atoms with E-state index in [1.54, 1.807) is 0 Å². The molecule has 10 rings (SSSR count). The Hall–Kier alpha value is -6.78. The summed E-state index contributed by atoms with van der Waals surface area (Å²) in [7, 11) is 0. The van der Waals surface area contributed by atoms with E-state index in [1.807, 2.05) is 36.4 Å². The molecular weight excluding hydrogens is 637 g/mol. The first kappa shape index (κ1) is 30.1. The van der Waals surface area contributed by atoms with Crippen LogP contribution in [0, 0.1) is 0 Å². The molecule has 3 heterocycles. The Labute approximate surface area is 300 Å². The molecule has 0 bridgehead atoms. The average Bonchev–Trinajstić information content (AvgIpc) is 3.78. The fourth-order valence-electron chi connectivity index (χ4n) is 7.49. The highest BCUT2D eigenvalue weighted by Crippen LogP contribution is 2.38. The summed E-state index contributed by atoms with van der Waals surface area (Å²) in [6.45, 7) is 2.18. The molecule has 0 N–H and O–H groups in total. The van der Waals surface area contributed by atoms with Crippen molar-refractivity contribution in [1.29, 1.82) is 0 Å². The number of para-hydroxylation sites is 2. The van der Waals surface area contributed by atoms with E-state index in [9.17, 15) is 0 Å². The summed E-state index contributed by atoms with van der Waals surface area (Å²) in [6.07, 6.45) is 0.767. The Morgan fingerprint density at radius 2 is 0.827 bits per heavy atom. The molecule has 4 heteroatoms. The summed E-state index contributed by atoms with van der Waals surface area (Å²) in [4.78, 5) is 10.6. The van der Waals surface area contributed by atoms with Gasteiger partial charge in [0.2, 0.25) is 0 Å². The van der Waals surface area contributed by atoms with E-state index in [0.29, 0.717) is 5.82 Å². The number of aromatic nitrogens is 2. The van der Waals surface area contributed by atoms with Crippen LogP contribution in [0.1, 0.15) is 12.5 Å². The minimum absolute atomic E-state index is 0.658. The predicted octanol–water partition coefficient (Wildman–Crippen LogP) is 13.2. The summed E-state index contributed by atoms with van der Waals surface area (Å²) < 4.78 is 12.5. The molecule has 52 heavy (non-hydrogen) atoms. The normalized spacial score (nSPS) is 11.6. The van der Waals surface area contributed by atoms with Gasteiger partial charge in [0.15, 0.2) is 5.82 Å². The van der Waals surface area contributed by atoms with Crippen molar-refractivity contribution in [3.63, 3.8) is 0 Å². The Balaban J connectivity index is 1.14. The number of hydrogen-bond donors (Lipinski definition) is 0. The minimum Gasteiger partial charge on any atom is -0.456 e. The van der Waals surface area contributed by atoms with Crippen LogP contribution in [0.5, 0.6) is 0 Å². The van der Waals surface area contributed by atoms with Crippen molar-refractivity contribution in [3.8, 4) is 56.2 Å². The van der Waals surface area contributed by atoms with E-state index >= 15 is 0 Å². The lowest BCUT2D eigenvalue weighted by atomic mass is 9.94. The summed E-state index contributed by atoms with van der Waals surface area (Å²) in [5, 5.41) is 4.43.